The Labute approximate surface area is 109 Å². The average molecular weight is 263 g/mol. The first-order valence-electron chi connectivity index (χ1n) is 5.63. The van der Waals surface area contributed by atoms with Crippen molar-refractivity contribution in [3.05, 3.63) is 24.0 Å². The van der Waals surface area contributed by atoms with E-state index in [0.29, 0.717) is 5.69 Å². The molecular formula is C12H13N3O4. The predicted molar refractivity (Wildman–Crippen MR) is 65.8 cm³/mol. The number of imide groups is 1. The number of carbonyl (C=O) groups is 3. The number of rotatable bonds is 2. The Hall–Kier alpha value is -2.44. The molecule has 1 aromatic heterocycles. The molecule has 0 bridgehead atoms. The molecule has 2 rings (SSSR count). The van der Waals surface area contributed by atoms with Crippen LogP contribution in [0, 0.1) is 0 Å². The molecule has 1 aromatic rings. The fraction of sp³-hybridized carbons (Fsp3) is 0.333. The summed E-state index contributed by atoms with van der Waals surface area (Å²) >= 11 is 0. The van der Waals surface area contributed by atoms with Crippen LogP contribution in [0.15, 0.2) is 18.3 Å². The molecule has 0 saturated carbocycles. The van der Waals surface area contributed by atoms with Crippen LogP contribution in [0.5, 0.6) is 0 Å². The fourth-order valence-corrected chi connectivity index (χ4v) is 1.90. The van der Waals surface area contributed by atoms with Crippen molar-refractivity contribution in [2.24, 2.45) is 0 Å². The van der Waals surface area contributed by atoms with E-state index in [4.69, 9.17) is 5.11 Å². The van der Waals surface area contributed by atoms with Gasteiger partial charge < -0.3 is 10.0 Å². The zero-order valence-electron chi connectivity index (χ0n) is 10.5. The SMILES string of the molecule is CC1(C)C(=O)NC(=O)CN1c1ccnc(C(=O)O)c1. The largest absolute Gasteiger partial charge is 0.477 e. The van der Waals surface area contributed by atoms with Crippen molar-refractivity contribution < 1.29 is 19.5 Å². The van der Waals surface area contributed by atoms with Crippen molar-refractivity contribution >= 4 is 23.5 Å². The van der Waals surface area contributed by atoms with Crippen molar-refractivity contribution in [2.45, 2.75) is 19.4 Å². The number of amides is 2. The highest BCUT2D eigenvalue weighted by atomic mass is 16.4. The lowest BCUT2D eigenvalue weighted by Crippen LogP contribution is -2.64. The summed E-state index contributed by atoms with van der Waals surface area (Å²) in [6, 6.07) is 2.91. The smallest absolute Gasteiger partial charge is 0.354 e. The number of hydrogen-bond acceptors (Lipinski definition) is 5. The zero-order valence-corrected chi connectivity index (χ0v) is 10.5. The van der Waals surface area contributed by atoms with Gasteiger partial charge in [-0.2, -0.15) is 0 Å². The fourth-order valence-electron chi connectivity index (χ4n) is 1.90. The summed E-state index contributed by atoms with van der Waals surface area (Å²) in [5.41, 5.74) is -0.599. The molecule has 2 heterocycles. The lowest BCUT2D eigenvalue weighted by Gasteiger charge is -2.41. The molecule has 2 amide bonds. The highest BCUT2D eigenvalue weighted by molar-refractivity contribution is 6.06. The van der Waals surface area contributed by atoms with Crippen LogP contribution in [0.3, 0.4) is 0 Å². The van der Waals surface area contributed by atoms with Gasteiger partial charge in [-0.15, -0.1) is 0 Å². The molecular weight excluding hydrogens is 250 g/mol. The van der Waals surface area contributed by atoms with Gasteiger partial charge in [0, 0.05) is 11.9 Å². The molecule has 0 atom stereocenters. The van der Waals surface area contributed by atoms with Crippen LogP contribution < -0.4 is 10.2 Å². The quantitative estimate of drug-likeness (QED) is 0.730. The normalized spacial score (nSPS) is 18.1. The third-order valence-corrected chi connectivity index (χ3v) is 3.06. The van der Waals surface area contributed by atoms with E-state index in [9.17, 15) is 14.4 Å². The molecule has 1 fully saturated rings. The van der Waals surface area contributed by atoms with Gasteiger partial charge in [-0.05, 0) is 26.0 Å². The molecule has 0 unspecified atom stereocenters. The van der Waals surface area contributed by atoms with Gasteiger partial charge in [0.25, 0.3) is 5.91 Å². The Bertz CT molecular complexity index is 568. The number of nitrogens with zero attached hydrogens (tertiary/aromatic N) is 2. The van der Waals surface area contributed by atoms with Crippen LogP contribution >= 0.6 is 0 Å². The third-order valence-electron chi connectivity index (χ3n) is 3.06. The topological polar surface area (TPSA) is 99.6 Å². The second kappa shape index (κ2) is 4.34. The first kappa shape index (κ1) is 13.0. The zero-order chi connectivity index (χ0) is 14.2. The van der Waals surface area contributed by atoms with E-state index in [-0.39, 0.29) is 12.2 Å². The van der Waals surface area contributed by atoms with E-state index in [1.54, 1.807) is 24.8 Å². The molecule has 0 aliphatic carbocycles. The molecule has 7 heteroatoms. The van der Waals surface area contributed by atoms with Crippen molar-refractivity contribution in [3.63, 3.8) is 0 Å². The second-order valence-electron chi connectivity index (χ2n) is 4.73. The number of anilines is 1. The molecule has 1 saturated heterocycles. The van der Waals surface area contributed by atoms with Gasteiger partial charge in [-0.3, -0.25) is 14.9 Å². The minimum Gasteiger partial charge on any atom is -0.477 e. The lowest BCUT2D eigenvalue weighted by atomic mass is 9.98. The summed E-state index contributed by atoms with van der Waals surface area (Å²) in [5.74, 6) is -2.00. The number of hydrogen-bond donors (Lipinski definition) is 2. The summed E-state index contributed by atoms with van der Waals surface area (Å²) in [4.78, 5) is 39.4. The van der Waals surface area contributed by atoms with Gasteiger partial charge in [0.15, 0.2) is 0 Å². The summed E-state index contributed by atoms with van der Waals surface area (Å²) < 4.78 is 0. The van der Waals surface area contributed by atoms with Crippen LogP contribution in [-0.2, 0) is 9.59 Å². The monoisotopic (exact) mass is 263 g/mol. The van der Waals surface area contributed by atoms with E-state index < -0.39 is 23.3 Å². The van der Waals surface area contributed by atoms with Crippen molar-refractivity contribution in [1.82, 2.24) is 10.3 Å². The van der Waals surface area contributed by atoms with Gasteiger partial charge in [0.05, 0.1) is 6.54 Å². The molecule has 1 aliphatic rings. The minimum atomic E-state index is -1.16. The Morgan fingerprint density at radius 2 is 2.16 bits per heavy atom. The number of carbonyl (C=O) groups excluding carboxylic acids is 2. The van der Waals surface area contributed by atoms with Gasteiger partial charge in [0.2, 0.25) is 5.91 Å². The van der Waals surface area contributed by atoms with E-state index in [1.807, 2.05) is 0 Å². The number of carboxylic acid groups (broad SMARTS) is 1. The van der Waals surface area contributed by atoms with E-state index in [0.717, 1.165) is 0 Å². The maximum Gasteiger partial charge on any atom is 0.354 e. The molecule has 0 spiro atoms. The summed E-state index contributed by atoms with van der Waals surface area (Å²) in [5, 5.41) is 11.2. The van der Waals surface area contributed by atoms with Crippen LogP contribution in [0.4, 0.5) is 5.69 Å². The van der Waals surface area contributed by atoms with E-state index in [2.05, 4.69) is 10.3 Å². The molecule has 1 aliphatic heterocycles. The third kappa shape index (κ3) is 2.26. The van der Waals surface area contributed by atoms with Crippen molar-refractivity contribution in [2.75, 3.05) is 11.4 Å². The Kier molecular flexibility index (Phi) is 2.97. The standard InChI is InChI=1S/C12H13N3O4/c1-12(2)11(19)14-9(16)6-15(12)7-3-4-13-8(5-7)10(17)18/h3-5H,6H2,1-2H3,(H,17,18)(H,14,16,19). The highest BCUT2D eigenvalue weighted by Gasteiger charge is 2.41. The molecule has 19 heavy (non-hydrogen) atoms. The van der Waals surface area contributed by atoms with Crippen LogP contribution in [0.2, 0.25) is 0 Å². The van der Waals surface area contributed by atoms with Crippen molar-refractivity contribution in [1.29, 1.82) is 0 Å². The minimum absolute atomic E-state index is 0.0121. The Balaban J connectivity index is 2.44. The lowest BCUT2D eigenvalue weighted by molar-refractivity contribution is -0.135. The second-order valence-corrected chi connectivity index (χ2v) is 4.73. The summed E-state index contributed by atoms with van der Waals surface area (Å²) in [7, 11) is 0. The van der Waals surface area contributed by atoms with Gasteiger partial charge in [-0.25, -0.2) is 9.78 Å². The molecule has 0 radical (unpaired) electrons. The van der Waals surface area contributed by atoms with E-state index in [1.165, 1.54) is 12.3 Å². The summed E-state index contributed by atoms with van der Waals surface area (Å²) in [6.45, 7) is 3.31. The number of piperazine rings is 1. The first-order valence-corrected chi connectivity index (χ1v) is 5.63. The van der Waals surface area contributed by atoms with Gasteiger partial charge in [0.1, 0.15) is 11.2 Å². The molecule has 7 nitrogen and oxygen atoms in total. The summed E-state index contributed by atoms with van der Waals surface area (Å²) in [6.07, 6.45) is 1.34. The predicted octanol–water partition coefficient (Wildman–Crippen LogP) is 0.0212. The van der Waals surface area contributed by atoms with Crippen molar-refractivity contribution in [3.8, 4) is 0 Å². The molecule has 100 valence electrons. The van der Waals surface area contributed by atoms with E-state index >= 15 is 0 Å². The number of carboxylic acids is 1. The van der Waals surface area contributed by atoms with Crippen LogP contribution in [0.25, 0.3) is 0 Å². The van der Waals surface area contributed by atoms with Crippen LogP contribution in [0.1, 0.15) is 24.3 Å². The maximum atomic E-state index is 11.8. The average Bonchev–Trinajstić information content (AvgIpc) is 2.34. The molecule has 2 N–H and O–H groups in total. The number of nitrogens with one attached hydrogen (secondary N) is 1. The number of aromatic carboxylic acids is 1. The first-order chi connectivity index (χ1) is 8.82. The van der Waals surface area contributed by atoms with Gasteiger partial charge in [-0.1, -0.05) is 0 Å². The Morgan fingerprint density at radius 3 is 2.79 bits per heavy atom. The number of aromatic nitrogens is 1. The van der Waals surface area contributed by atoms with Gasteiger partial charge >= 0.3 is 5.97 Å². The van der Waals surface area contributed by atoms with Crippen LogP contribution in [-0.4, -0.2) is 40.0 Å². The highest BCUT2D eigenvalue weighted by Crippen LogP contribution is 2.26. The number of pyridine rings is 1. The maximum absolute atomic E-state index is 11.8. The Morgan fingerprint density at radius 1 is 1.47 bits per heavy atom. The molecule has 0 aromatic carbocycles.